The lowest BCUT2D eigenvalue weighted by Crippen LogP contribution is -2.62. The van der Waals surface area contributed by atoms with E-state index < -0.39 is 94.6 Å². The second-order valence-corrected chi connectivity index (χ2v) is 19.4. The van der Waals surface area contributed by atoms with Crippen LogP contribution in [0.2, 0.25) is 10.0 Å². The molecular weight excluding hydrogens is 878 g/mol. The number of benzene rings is 1. The van der Waals surface area contributed by atoms with Crippen molar-refractivity contribution >= 4 is 64.6 Å². The zero-order valence-corrected chi connectivity index (χ0v) is 39.7. The maximum absolute atomic E-state index is 14.6. The maximum Gasteiger partial charge on any atom is 0.403 e. The summed E-state index contributed by atoms with van der Waals surface area (Å²) in [5.41, 5.74) is -3.54. The monoisotopic (exact) mass is 943 g/mol. The number of alkyl halides is 3. The van der Waals surface area contributed by atoms with E-state index in [1.807, 2.05) is 13.8 Å². The molecule has 2 saturated carbocycles. The van der Waals surface area contributed by atoms with Crippen LogP contribution in [0.3, 0.4) is 0 Å². The second kappa shape index (κ2) is 21.9. The van der Waals surface area contributed by atoms with Crippen molar-refractivity contribution in [3.05, 3.63) is 33.8 Å². The predicted molar refractivity (Wildman–Crippen MR) is 237 cm³/mol. The van der Waals surface area contributed by atoms with Crippen molar-refractivity contribution in [2.75, 3.05) is 20.1 Å². The normalized spacial score (nSPS) is 26.7. The number of hydrogen-bond donors (Lipinski definition) is 5. The van der Waals surface area contributed by atoms with E-state index in [1.54, 1.807) is 39.0 Å². The minimum absolute atomic E-state index is 0.00977. The molecule has 19 heteroatoms. The third kappa shape index (κ3) is 12.0. The number of nitrogens with one attached hydrogen (secondary N) is 5. The van der Waals surface area contributed by atoms with E-state index in [-0.39, 0.29) is 69.9 Å². The molecule has 2 aliphatic carbocycles. The van der Waals surface area contributed by atoms with Crippen molar-refractivity contribution in [1.29, 1.82) is 0 Å². The van der Waals surface area contributed by atoms with E-state index in [2.05, 4.69) is 26.6 Å². The summed E-state index contributed by atoms with van der Waals surface area (Å²) >= 11 is 12.8. The van der Waals surface area contributed by atoms with E-state index in [1.165, 1.54) is 30.7 Å². The molecule has 1 aromatic rings. The summed E-state index contributed by atoms with van der Waals surface area (Å²) < 4.78 is 43.8. The van der Waals surface area contributed by atoms with Crippen molar-refractivity contribution in [3.8, 4) is 0 Å². The largest absolute Gasteiger partial charge is 0.403 e. The van der Waals surface area contributed by atoms with Crippen LogP contribution in [0.25, 0.3) is 0 Å². The molecule has 2 bridgehead atoms. The van der Waals surface area contributed by atoms with Crippen molar-refractivity contribution < 1.29 is 46.7 Å². The lowest BCUT2D eigenvalue weighted by atomic mass is 9.71. The number of amides is 7. The third-order valence-electron chi connectivity index (χ3n) is 13.2. The van der Waals surface area contributed by atoms with Crippen molar-refractivity contribution in [2.45, 2.75) is 161 Å². The summed E-state index contributed by atoms with van der Waals surface area (Å²) in [6.07, 6.45) is -3.09. The summed E-state index contributed by atoms with van der Waals surface area (Å²) in [5.74, 6) is -6.37. The Morgan fingerprint density at radius 1 is 0.953 bits per heavy atom. The highest BCUT2D eigenvalue weighted by molar-refractivity contribution is 6.33. The first-order chi connectivity index (χ1) is 29.9. The van der Waals surface area contributed by atoms with Gasteiger partial charge in [0.05, 0.1) is 0 Å². The van der Waals surface area contributed by atoms with Gasteiger partial charge in [-0.3, -0.25) is 33.6 Å². The molecule has 0 radical (unpaired) electrons. The Hall–Kier alpha value is -4.12. The predicted octanol–water partition coefficient (Wildman–Crippen LogP) is 5.46. The molecule has 1 aliphatic heterocycles. The fourth-order valence-electron chi connectivity index (χ4n) is 9.50. The molecule has 0 aromatic heterocycles. The van der Waals surface area contributed by atoms with E-state index in [9.17, 15) is 46.7 Å². The van der Waals surface area contributed by atoms with Gasteiger partial charge in [0.15, 0.2) is 0 Å². The molecule has 7 amide bonds. The van der Waals surface area contributed by atoms with Crippen molar-refractivity contribution in [2.24, 2.45) is 23.2 Å². The van der Waals surface area contributed by atoms with Gasteiger partial charge >= 0.3 is 6.18 Å². The average molecular weight is 945 g/mol. The highest BCUT2D eigenvalue weighted by Gasteiger charge is 2.69. The van der Waals surface area contributed by atoms with Crippen molar-refractivity contribution in [3.63, 3.8) is 0 Å². The maximum atomic E-state index is 14.6. The number of hydrogen-bond acceptors (Lipinski definition) is 7. The van der Waals surface area contributed by atoms with Gasteiger partial charge in [-0.05, 0) is 120 Å². The van der Waals surface area contributed by atoms with E-state index >= 15 is 0 Å². The van der Waals surface area contributed by atoms with Crippen LogP contribution in [0.1, 0.15) is 118 Å². The van der Waals surface area contributed by atoms with Crippen LogP contribution in [0, 0.1) is 23.2 Å². The van der Waals surface area contributed by atoms with Gasteiger partial charge in [0.1, 0.15) is 41.2 Å². The first-order valence-electron chi connectivity index (χ1n) is 22.5. The van der Waals surface area contributed by atoms with Gasteiger partial charge in [-0.1, -0.05) is 57.3 Å². The summed E-state index contributed by atoms with van der Waals surface area (Å²) in [6.45, 7) is 11.8. The van der Waals surface area contributed by atoms with Crippen LogP contribution < -0.4 is 26.6 Å². The van der Waals surface area contributed by atoms with Crippen LogP contribution in [-0.2, 0) is 40.0 Å². The zero-order valence-electron chi connectivity index (χ0n) is 38.2. The molecule has 1 aromatic carbocycles. The van der Waals surface area contributed by atoms with E-state index in [0.29, 0.717) is 41.3 Å². The lowest BCUT2D eigenvalue weighted by molar-refractivity contribution is -0.236. The highest BCUT2D eigenvalue weighted by atomic mass is 35.5. The molecule has 14 nitrogen and oxygen atoms in total. The molecule has 4 rings (SSSR count). The topological polar surface area (TPSA) is 186 Å². The first-order valence-corrected chi connectivity index (χ1v) is 23.3. The Labute approximate surface area is 384 Å². The summed E-state index contributed by atoms with van der Waals surface area (Å²) in [5, 5.41) is 14.1. The minimum Gasteiger partial charge on any atom is -0.354 e. The Bertz CT molecular complexity index is 1900. The molecule has 358 valence electrons. The van der Waals surface area contributed by atoms with Gasteiger partial charge < -0.3 is 36.4 Å². The van der Waals surface area contributed by atoms with Crippen LogP contribution in [0.5, 0.6) is 0 Å². The number of rotatable bonds is 13. The molecule has 1 heterocycles. The number of carbonyl (C=O) groups excluding carboxylic acids is 7. The molecule has 1 saturated heterocycles. The molecule has 8 atom stereocenters. The average Bonchev–Trinajstić information content (AvgIpc) is 3.85. The molecule has 3 aliphatic rings. The zero-order chi connectivity index (χ0) is 47.9. The Kier molecular flexibility index (Phi) is 18.0. The smallest absolute Gasteiger partial charge is 0.354 e. The molecule has 3 fully saturated rings. The van der Waals surface area contributed by atoms with Crippen LogP contribution in [-0.4, -0.2) is 113 Å². The van der Waals surface area contributed by atoms with Gasteiger partial charge in [-0.2, -0.15) is 13.2 Å². The summed E-state index contributed by atoms with van der Waals surface area (Å²) in [7, 11) is 1.42. The minimum atomic E-state index is -4.81. The van der Waals surface area contributed by atoms with Gasteiger partial charge in [0.25, 0.3) is 0 Å². The standard InChI is InChI=1S/C45H66Cl2F3N7O7/c1-9-31(54-42(64)44(45(48,49)50)24-26-15-16-28(44)21-26)36(58)52-32(10-2)40(62)57(11-3)34-14-12-13-19-51-41(63)43(6,7)55-38(60)35(23-27-22-29(46)17-18-30(27)47)56(8)39(61)33(20-25(4)5)53-37(34)59/h17-18,22,25-26,28,31-35H,9-16,19-21,23-24H2,1-8H3,(H,51,63)(H,52,58)(H,53,59)(H,54,64)(H,55,60)/t26?,28?,31-,32-,33-,34-,35-,44?/m0/s1. The first kappa shape index (κ1) is 52.5. The molecule has 3 unspecified atom stereocenters. The molecule has 5 N–H and O–H groups in total. The molecule has 0 spiro atoms. The van der Waals surface area contributed by atoms with E-state index in [0.717, 1.165) is 0 Å². The quantitative estimate of drug-likeness (QED) is 0.174. The SMILES string of the molecule is CC[C@H](NC(=O)C1(C(F)(F)F)CC2CCC1C2)C(=O)N[C@@H](CC)C(=O)N(CC)[C@H]1CCCCNC(=O)C(C)(C)NC(=O)[C@H](Cc2cc(Cl)ccc2Cl)N(C)C(=O)[C@H](CC(C)C)NC1=O. The Morgan fingerprint density at radius 3 is 2.19 bits per heavy atom. The Balaban J connectivity index is 1.63. The summed E-state index contributed by atoms with van der Waals surface area (Å²) in [4.78, 5) is 101. The number of carbonyl (C=O) groups is 7. The highest BCUT2D eigenvalue weighted by Crippen LogP contribution is 2.62. The third-order valence-corrected chi connectivity index (χ3v) is 13.8. The second-order valence-electron chi connectivity index (χ2n) is 18.6. The number of likely N-dealkylation sites (N-methyl/N-ethyl adjacent to an activating group) is 2. The van der Waals surface area contributed by atoms with Crippen LogP contribution >= 0.6 is 23.2 Å². The van der Waals surface area contributed by atoms with Gasteiger partial charge in [-0.15, -0.1) is 0 Å². The van der Waals surface area contributed by atoms with Crippen molar-refractivity contribution in [1.82, 2.24) is 36.4 Å². The fourth-order valence-corrected chi connectivity index (χ4v) is 9.89. The fraction of sp³-hybridized carbons (Fsp3) is 0.711. The van der Waals surface area contributed by atoms with Gasteiger partial charge in [-0.25, -0.2) is 0 Å². The number of halogens is 5. The summed E-state index contributed by atoms with van der Waals surface area (Å²) in [6, 6.07) is -1.45. The molecular formula is C45H66Cl2F3N7O7. The number of nitrogens with zero attached hydrogens (tertiary/aromatic N) is 2. The van der Waals surface area contributed by atoms with Gasteiger partial charge in [0, 0.05) is 36.6 Å². The van der Waals surface area contributed by atoms with Crippen LogP contribution in [0.15, 0.2) is 18.2 Å². The van der Waals surface area contributed by atoms with Gasteiger partial charge in [0.2, 0.25) is 41.4 Å². The van der Waals surface area contributed by atoms with Crippen LogP contribution in [0.4, 0.5) is 13.2 Å². The lowest BCUT2D eigenvalue weighted by Gasteiger charge is -2.39. The molecule has 64 heavy (non-hydrogen) atoms. The Morgan fingerprint density at radius 2 is 1.62 bits per heavy atom. The number of fused-ring (bicyclic) bond motifs is 2. The van der Waals surface area contributed by atoms with E-state index in [4.69, 9.17) is 23.2 Å².